The zero-order chi connectivity index (χ0) is 11.6. The minimum atomic E-state index is -0.768. The number of quaternary nitrogens is 1. The van der Waals surface area contributed by atoms with Gasteiger partial charge in [-0.2, -0.15) is 0 Å². The van der Waals surface area contributed by atoms with Gasteiger partial charge in [-0.25, -0.2) is 4.79 Å². The summed E-state index contributed by atoms with van der Waals surface area (Å²) in [5.41, 5.74) is 1.18. The van der Waals surface area contributed by atoms with Crippen LogP contribution in [-0.2, 0) is 11.3 Å². The lowest BCUT2D eigenvalue weighted by atomic mass is 10.2. The molecule has 0 radical (unpaired) electrons. The van der Waals surface area contributed by atoms with E-state index in [9.17, 15) is 4.79 Å². The van der Waals surface area contributed by atoms with Crippen LogP contribution in [0.4, 0.5) is 0 Å². The monoisotopic (exact) mass is 221 g/mol. The van der Waals surface area contributed by atoms with E-state index >= 15 is 0 Å². The molecule has 0 bridgehead atoms. The highest BCUT2D eigenvalue weighted by molar-refractivity contribution is 5.71. The van der Waals surface area contributed by atoms with E-state index in [0.717, 1.165) is 19.6 Å². The Morgan fingerprint density at radius 2 is 2.19 bits per heavy atom. The molecule has 86 valence electrons. The number of benzene rings is 1. The molecule has 0 spiro atoms. The number of carboxylic acids is 1. The fourth-order valence-electron chi connectivity index (χ4n) is 2.33. The second-order valence-electron chi connectivity index (χ2n) is 4.54. The van der Waals surface area contributed by atoms with Crippen LogP contribution >= 0.6 is 0 Å². The van der Waals surface area contributed by atoms with Gasteiger partial charge >= 0.3 is 5.97 Å². The molecule has 2 atom stereocenters. The maximum absolute atomic E-state index is 11.1. The molecule has 0 saturated carbocycles. The van der Waals surface area contributed by atoms with Crippen LogP contribution in [-0.4, -0.2) is 41.9 Å². The van der Waals surface area contributed by atoms with Crippen molar-refractivity contribution in [3.8, 4) is 0 Å². The summed E-state index contributed by atoms with van der Waals surface area (Å²) in [6.07, 6.45) is -0.486. The van der Waals surface area contributed by atoms with Crippen molar-refractivity contribution in [3.05, 3.63) is 35.9 Å². The molecule has 2 rings (SSSR count). The number of rotatable bonds is 3. The quantitative estimate of drug-likeness (QED) is 0.737. The van der Waals surface area contributed by atoms with Crippen molar-refractivity contribution in [3.63, 3.8) is 0 Å². The topological polar surface area (TPSA) is 49.3 Å². The Labute approximate surface area is 95.1 Å². The first-order chi connectivity index (χ1) is 7.62. The van der Waals surface area contributed by atoms with Crippen LogP contribution in [0.1, 0.15) is 5.56 Å². The Morgan fingerprint density at radius 1 is 1.50 bits per heavy atom. The molecule has 1 aliphatic rings. The molecule has 0 aliphatic carbocycles. The molecular formula is C12H17N2O2+. The molecule has 0 aromatic heterocycles. The van der Waals surface area contributed by atoms with E-state index in [2.05, 4.69) is 5.32 Å². The van der Waals surface area contributed by atoms with E-state index in [-0.39, 0.29) is 0 Å². The average Bonchev–Trinajstić information content (AvgIpc) is 2.61. The lowest BCUT2D eigenvalue weighted by Crippen LogP contribution is -2.54. The van der Waals surface area contributed by atoms with Gasteiger partial charge in [0.15, 0.2) is 0 Å². The molecule has 1 saturated heterocycles. The molecule has 2 unspecified atom stereocenters. The molecular weight excluding hydrogens is 204 g/mol. The maximum Gasteiger partial charge on any atom is 0.379 e. The second kappa shape index (κ2) is 4.23. The molecule has 1 aromatic rings. The van der Waals surface area contributed by atoms with Crippen LogP contribution in [0.3, 0.4) is 0 Å². The first-order valence-corrected chi connectivity index (χ1v) is 5.46. The SMILES string of the molecule is C[N+]1(Cc2ccccc2)CCNC1C(=O)O. The smallest absolute Gasteiger partial charge is 0.379 e. The number of hydrogen-bond acceptors (Lipinski definition) is 2. The second-order valence-corrected chi connectivity index (χ2v) is 4.54. The number of carboxylic acid groups (broad SMARTS) is 1. The van der Waals surface area contributed by atoms with Gasteiger partial charge in [-0.3, -0.25) is 9.80 Å². The molecule has 1 heterocycles. The Bertz CT molecular complexity index is 380. The number of carbonyl (C=O) groups is 1. The summed E-state index contributed by atoms with van der Waals surface area (Å²) >= 11 is 0. The number of hydrogen-bond donors (Lipinski definition) is 2. The molecule has 4 heteroatoms. The third-order valence-electron chi connectivity index (χ3n) is 3.20. The highest BCUT2D eigenvalue weighted by Crippen LogP contribution is 2.19. The number of likely N-dealkylation sites (N-methyl/N-ethyl adjacent to an activating group) is 1. The fourth-order valence-corrected chi connectivity index (χ4v) is 2.33. The number of nitrogens with zero attached hydrogens (tertiary/aromatic N) is 1. The summed E-state index contributed by atoms with van der Waals surface area (Å²) in [4.78, 5) is 11.1. The van der Waals surface area contributed by atoms with Crippen molar-refractivity contribution in [1.29, 1.82) is 0 Å². The number of aliphatic carboxylic acids is 1. The van der Waals surface area contributed by atoms with E-state index in [0.29, 0.717) is 4.48 Å². The third-order valence-corrected chi connectivity index (χ3v) is 3.20. The lowest BCUT2D eigenvalue weighted by molar-refractivity contribution is -0.926. The van der Waals surface area contributed by atoms with E-state index in [1.54, 1.807) is 0 Å². The minimum Gasteiger partial charge on any atom is -0.476 e. The predicted molar refractivity (Wildman–Crippen MR) is 60.6 cm³/mol. The molecule has 4 nitrogen and oxygen atoms in total. The zero-order valence-corrected chi connectivity index (χ0v) is 9.39. The molecule has 1 aromatic carbocycles. The van der Waals surface area contributed by atoms with Crippen molar-refractivity contribution in [2.24, 2.45) is 0 Å². The van der Waals surface area contributed by atoms with Crippen LogP contribution in [0, 0.1) is 0 Å². The Hall–Kier alpha value is -1.39. The average molecular weight is 221 g/mol. The van der Waals surface area contributed by atoms with Gasteiger partial charge in [-0.05, 0) is 0 Å². The van der Waals surface area contributed by atoms with Gasteiger partial charge in [0.1, 0.15) is 6.54 Å². The summed E-state index contributed by atoms with van der Waals surface area (Å²) in [6.45, 7) is 2.37. The van der Waals surface area contributed by atoms with Crippen LogP contribution in [0.25, 0.3) is 0 Å². The molecule has 2 N–H and O–H groups in total. The first-order valence-electron chi connectivity index (χ1n) is 5.46. The lowest BCUT2D eigenvalue weighted by Gasteiger charge is -2.32. The summed E-state index contributed by atoms with van der Waals surface area (Å²) in [6, 6.07) is 10.0. The summed E-state index contributed by atoms with van der Waals surface area (Å²) in [7, 11) is 1.99. The Morgan fingerprint density at radius 3 is 2.81 bits per heavy atom. The van der Waals surface area contributed by atoms with Crippen molar-refractivity contribution in [2.75, 3.05) is 20.1 Å². The maximum atomic E-state index is 11.1. The number of nitrogens with one attached hydrogen (secondary N) is 1. The first kappa shape index (κ1) is 11.1. The standard InChI is InChI=1S/C12H16N2O2/c1-14(8-7-13-11(14)12(15)16)9-10-5-3-2-4-6-10/h2-6,11,13H,7-9H2,1H3/p+1. The highest BCUT2D eigenvalue weighted by Gasteiger charge is 2.42. The minimum absolute atomic E-state index is 0.486. The third kappa shape index (κ3) is 2.08. The molecule has 1 aliphatic heterocycles. The van der Waals surface area contributed by atoms with Crippen molar-refractivity contribution in [1.82, 2.24) is 5.32 Å². The van der Waals surface area contributed by atoms with Crippen LogP contribution in [0.2, 0.25) is 0 Å². The van der Waals surface area contributed by atoms with Gasteiger partial charge in [0.05, 0.1) is 20.1 Å². The van der Waals surface area contributed by atoms with E-state index < -0.39 is 12.1 Å². The van der Waals surface area contributed by atoms with Gasteiger partial charge in [0.25, 0.3) is 0 Å². The molecule has 0 amide bonds. The van der Waals surface area contributed by atoms with Crippen LogP contribution in [0.15, 0.2) is 30.3 Å². The van der Waals surface area contributed by atoms with E-state index in [1.807, 2.05) is 37.4 Å². The normalized spacial score (nSPS) is 29.2. The summed E-state index contributed by atoms with van der Waals surface area (Å²) < 4.78 is 0.527. The summed E-state index contributed by atoms with van der Waals surface area (Å²) in [5.74, 6) is -0.768. The van der Waals surface area contributed by atoms with Crippen molar-refractivity contribution >= 4 is 5.97 Å². The Balaban J connectivity index is 2.16. The van der Waals surface area contributed by atoms with Crippen LogP contribution in [0.5, 0.6) is 0 Å². The molecule has 16 heavy (non-hydrogen) atoms. The van der Waals surface area contributed by atoms with E-state index in [1.165, 1.54) is 5.56 Å². The predicted octanol–water partition coefficient (Wildman–Crippen LogP) is 0.647. The van der Waals surface area contributed by atoms with E-state index in [4.69, 9.17) is 5.11 Å². The van der Waals surface area contributed by atoms with Gasteiger partial charge in [0.2, 0.25) is 6.17 Å². The van der Waals surface area contributed by atoms with Crippen LogP contribution < -0.4 is 5.32 Å². The van der Waals surface area contributed by atoms with Gasteiger partial charge in [0, 0.05) is 5.56 Å². The largest absolute Gasteiger partial charge is 0.476 e. The van der Waals surface area contributed by atoms with Crippen molar-refractivity contribution in [2.45, 2.75) is 12.7 Å². The zero-order valence-electron chi connectivity index (χ0n) is 9.39. The highest BCUT2D eigenvalue weighted by atomic mass is 16.4. The Kier molecular flexibility index (Phi) is 2.94. The fraction of sp³-hybridized carbons (Fsp3) is 0.417. The molecule has 1 fully saturated rings. The van der Waals surface area contributed by atoms with Gasteiger partial charge in [-0.1, -0.05) is 30.3 Å². The van der Waals surface area contributed by atoms with Gasteiger partial charge < -0.3 is 5.11 Å². The van der Waals surface area contributed by atoms with Crippen molar-refractivity contribution < 1.29 is 14.4 Å². The van der Waals surface area contributed by atoms with Gasteiger partial charge in [-0.15, -0.1) is 0 Å². The summed E-state index contributed by atoms with van der Waals surface area (Å²) in [5, 5.41) is 12.2.